The van der Waals surface area contributed by atoms with Gasteiger partial charge in [-0.1, -0.05) is 26.8 Å². The van der Waals surface area contributed by atoms with Gasteiger partial charge >= 0.3 is 0 Å². The topological polar surface area (TPSA) is 52.0 Å². The molecule has 0 saturated heterocycles. The Balaban J connectivity index is 4.77. The number of hydrogen-bond acceptors (Lipinski definition) is 2. The zero-order chi connectivity index (χ0) is 11.1. The van der Waals surface area contributed by atoms with Crippen LogP contribution in [0.5, 0.6) is 0 Å². The summed E-state index contributed by atoms with van der Waals surface area (Å²) in [6.07, 6.45) is 4.95. The van der Waals surface area contributed by atoms with E-state index >= 15 is 0 Å². The maximum Gasteiger partial charge on any atom is 0.0343 e. The molecule has 0 heterocycles. The molecule has 0 aliphatic carbocycles. The van der Waals surface area contributed by atoms with Gasteiger partial charge in [0.05, 0.1) is 0 Å². The highest BCUT2D eigenvalue weighted by Crippen LogP contribution is 2.21. The Morgan fingerprint density at radius 3 is 1.86 bits per heavy atom. The molecule has 0 spiro atoms. The van der Waals surface area contributed by atoms with E-state index < -0.39 is 0 Å². The van der Waals surface area contributed by atoms with E-state index in [2.05, 4.69) is 27.4 Å². The second-order valence-corrected chi connectivity index (χ2v) is 3.67. The summed E-state index contributed by atoms with van der Waals surface area (Å²) in [7, 11) is 0. The van der Waals surface area contributed by atoms with Crippen LogP contribution in [0.15, 0.2) is 24.0 Å². The van der Waals surface area contributed by atoms with E-state index in [4.69, 9.17) is 11.5 Å². The van der Waals surface area contributed by atoms with Crippen molar-refractivity contribution in [1.82, 2.24) is 0 Å². The molecule has 0 radical (unpaired) electrons. The Bertz CT molecular complexity index is 202. The Labute approximate surface area is 88.1 Å². The normalized spacial score (nSPS) is 15.1. The fraction of sp³-hybridized carbons (Fsp3) is 0.667. The minimum atomic E-state index is 0.232. The summed E-state index contributed by atoms with van der Waals surface area (Å²) in [6, 6.07) is 0. The molecule has 1 unspecified atom stereocenters. The van der Waals surface area contributed by atoms with Crippen LogP contribution in [-0.2, 0) is 0 Å². The van der Waals surface area contributed by atoms with Crippen molar-refractivity contribution in [2.45, 2.75) is 40.0 Å². The van der Waals surface area contributed by atoms with Crippen molar-refractivity contribution >= 4 is 0 Å². The molecular weight excluding hydrogens is 172 g/mol. The molecule has 0 aromatic heterocycles. The van der Waals surface area contributed by atoms with Crippen LogP contribution < -0.4 is 11.5 Å². The SMILES string of the molecule is C=CC(CC)/C(N)=C(/N)C(CC)CC. The van der Waals surface area contributed by atoms with Crippen molar-refractivity contribution in [3.63, 3.8) is 0 Å². The third-order valence-corrected chi connectivity index (χ3v) is 2.88. The van der Waals surface area contributed by atoms with Gasteiger partial charge in [0.15, 0.2) is 0 Å². The quantitative estimate of drug-likeness (QED) is 0.642. The van der Waals surface area contributed by atoms with E-state index in [1.807, 2.05) is 6.08 Å². The molecule has 0 aliphatic rings. The first-order valence-electron chi connectivity index (χ1n) is 5.49. The second kappa shape index (κ2) is 6.52. The van der Waals surface area contributed by atoms with Gasteiger partial charge in [-0.05, 0) is 25.2 Å². The highest BCUT2D eigenvalue weighted by atomic mass is 14.7. The molecule has 0 aliphatic heterocycles. The molecular formula is C12H24N2. The zero-order valence-electron chi connectivity index (χ0n) is 9.72. The van der Waals surface area contributed by atoms with E-state index in [9.17, 15) is 0 Å². The van der Waals surface area contributed by atoms with Crippen molar-refractivity contribution in [3.05, 3.63) is 24.0 Å². The largest absolute Gasteiger partial charge is 0.400 e. The van der Waals surface area contributed by atoms with Crippen molar-refractivity contribution in [2.75, 3.05) is 0 Å². The van der Waals surface area contributed by atoms with Gasteiger partial charge in [0.1, 0.15) is 0 Å². The first-order chi connectivity index (χ1) is 6.62. The Hall–Kier alpha value is -0.920. The van der Waals surface area contributed by atoms with Crippen molar-refractivity contribution < 1.29 is 0 Å². The first kappa shape index (κ1) is 13.1. The number of nitrogens with two attached hydrogens (primary N) is 2. The second-order valence-electron chi connectivity index (χ2n) is 3.67. The molecule has 0 rings (SSSR count). The van der Waals surface area contributed by atoms with Crippen LogP contribution in [0.25, 0.3) is 0 Å². The van der Waals surface area contributed by atoms with E-state index in [-0.39, 0.29) is 5.92 Å². The fourth-order valence-corrected chi connectivity index (χ4v) is 1.69. The summed E-state index contributed by atoms with van der Waals surface area (Å²) in [4.78, 5) is 0. The highest BCUT2D eigenvalue weighted by molar-refractivity contribution is 5.17. The van der Waals surface area contributed by atoms with Gasteiger partial charge in [-0.25, -0.2) is 0 Å². The van der Waals surface area contributed by atoms with Crippen LogP contribution in [-0.4, -0.2) is 0 Å². The van der Waals surface area contributed by atoms with Crippen LogP contribution in [0.2, 0.25) is 0 Å². The maximum absolute atomic E-state index is 6.04. The predicted octanol–water partition coefficient (Wildman–Crippen LogP) is 2.76. The molecule has 2 heteroatoms. The smallest absolute Gasteiger partial charge is 0.0343 e. The van der Waals surface area contributed by atoms with Gasteiger partial charge in [0, 0.05) is 17.3 Å². The van der Waals surface area contributed by atoms with E-state index in [1.54, 1.807) is 0 Å². The lowest BCUT2D eigenvalue weighted by Gasteiger charge is -2.19. The van der Waals surface area contributed by atoms with E-state index in [0.717, 1.165) is 30.7 Å². The standard InChI is InChI=1S/C12H24N2/c1-5-9(6-2)11(13)12(14)10(7-3)8-4/h5,9-10H,1,6-8,13-14H2,2-4H3/b12-11-. The maximum atomic E-state index is 6.04. The average Bonchev–Trinajstić information content (AvgIpc) is 2.21. The summed E-state index contributed by atoms with van der Waals surface area (Å²) in [5.74, 6) is 0.652. The van der Waals surface area contributed by atoms with Gasteiger partial charge < -0.3 is 11.5 Å². The molecule has 0 saturated carbocycles. The van der Waals surface area contributed by atoms with Gasteiger partial charge in [-0.15, -0.1) is 6.58 Å². The van der Waals surface area contributed by atoms with Crippen LogP contribution in [0.4, 0.5) is 0 Å². The minimum absolute atomic E-state index is 0.232. The Morgan fingerprint density at radius 2 is 1.57 bits per heavy atom. The average molecular weight is 196 g/mol. The first-order valence-corrected chi connectivity index (χ1v) is 5.49. The molecule has 2 nitrogen and oxygen atoms in total. The fourth-order valence-electron chi connectivity index (χ4n) is 1.69. The van der Waals surface area contributed by atoms with Gasteiger partial charge in [0.25, 0.3) is 0 Å². The highest BCUT2D eigenvalue weighted by Gasteiger charge is 2.14. The third-order valence-electron chi connectivity index (χ3n) is 2.88. The van der Waals surface area contributed by atoms with E-state index in [0.29, 0.717) is 5.92 Å². The summed E-state index contributed by atoms with van der Waals surface area (Å²) in [5.41, 5.74) is 13.7. The molecule has 14 heavy (non-hydrogen) atoms. The molecule has 1 atom stereocenters. The molecule has 0 aromatic carbocycles. The molecule has 0 amide bonds. The molecule has 0 bridgehead atoms. The Kier molecular flexibility index (Phi) is 6.09. The predicted molar refractivity (Wildman–Crippen MR) is 63.5 cm³/mol. The summed E-state index contributed by atoms with van der Waals surface area (Å²) in [6.45, 7) is 10.2. The van der Waals surface area contributed by atoms with Gasteiger partial charge in [-0.2, -0.15) is 0 Å². The molecule has 0 fully saturated rings. The Morgan fingerprint density at radius 1 is 1.07 bits per heavy atom. The number of rotatable bonds is 6. The summed E-state index contributed by atoms with van der Waals surface area (Å²) in [5, 5.41) is 0. The van der Waals surface area contributed by atoms with Crippen LogP contribution in [0, 0.1) is 11.8 Å². The summed E-state index contributed by atoms with van der Waals surface area (Å²) < 4.78 is 0. The molecule has 82 valence electrons. The van der Waals surface area contributed by atoms with Crippen molar-refractivity contribution in [2.24, 2.45) is 23.3 Å². The molecule has 0 aromatic rings. The van der Waals surface area contributed by atoms with Crippen LogP contribution in [0.3, 0.4) is 0 Å². The van der Waals surface area contributed by atoms with Crippen LogP contribution >= 0.6 is 0 Å². The van der Waals surface area contributed by atoms with Gasteiger partial charge in [0.2, 0.25) is 0 Å². The monoisotopic (exact) mass is 196 g/mol. The number of allylic oxidation sites excluding steroid dienone is 2. The lowest BCUT2D eigenvalue weighted by molar-refractivity contribution is 0.545. The lowest BCUT2D eigenvalue weighted by atomic mass is 9.92. The van der Waals surface area contributed by atoms with Crippen LogP contribution in [0.1, 0.15) is 40.0 Å². The lowest BCUT2D eigenvalue weighted by Crippen LogP contribution is -2.21. The minimum Gasteiger partial charge on any atom is -0.400 e. The summed E-state index contributed by atoms with van der Waals surface area (Å²) >= 11 is 0. The number of hydrogen-bond donors (Lipinski definition) is 2. The van der Waals surface area contributed by atoms with Crippen molar-refractivity contribution in [1.29, 1.82) is 0 Å². The molecule has 4 N–H and O–H groups in total. The van der Waals surface area contributed by atoms with Crippen molar-refractivity contribution in [3.8, 4) is 0 Å². The zero-order valence-corrected chi connectivity index (χ0v) is 9.72. The third kappa shape index (κ3) is 3.09. The van der Waals surface area contributed by atoms with E-state index in [1.165, 1.54) is 0 Å². The van der Waals surface area contributed by atoms with Gasteiger partial charge in [-0.3, -0.25) is 0 Å².